The van der Waals surface area contributed by atoms with Crippen molar-refractivity contribution in [1.29, 1.82) is 0 Å². The lowest BCUT2D eigenvalue weighted by Gasteiger charge is -2.12. The smallest absolute Gasteiger partial charge is 0.276 e. The van der Waals surface area contributed by atoms with Gasteiger partial charge in [0.25, 0.3) is 5.91 Å². The molecule has 1 amide bonds. The van der Waals surface area contributed by atoms with Crippen LogP contribution in [0.25, 0.3) is 10.6 Å². The summed E-state index contributed by atoms with van der Waals surface area (Å²) in [5, 5.41) is -0.351. The number of hydrogen-bond donors (Lipinski definition) is 1. The first kappa shape index (κ1) is 18.5. The van der Waals surface area contributed by atoms with Gasteiger partial charge in [-0.2, -0.15) is 0 Å². The first-order chi connectivity index (χ1) is 11.2. The summed E-state index contributed by atoms with van der Waals surface area (Å²) in [7, 11) is -2.46. The molecule has 0 fully saturated rings. The highest BCUT2D eigenvalue weighted by Crippen LogP contribution is 2.28. The fourth-order valence-electron chi connectivity index (χ4n) is 1.92. The molecular weight excluding hydrogens is 355 g/mol. The number of halogens is 1. The number of carbonyl (C=O) groups is 1. The van der Waals surface area contributed by atoms with Gasteiger partial charge in [0.2, 0.25) is 10.0 Å². The van der Waals surface area contributed by atoms with Gasteiger partial charge in [0.15, 0.2) is 0 Å². The van der Waals surface area contributed by atoms with E-state index >= 15 is 0 Å². The number of thiazole rings is 1. The number of nitrogens with zero attached hydrogens (tertiary/aromatic N) is 1. The normalized spacial score (nSPS) is 12.8. The van der Waals surface area contributed by atoms with Crippen LogP contribution in [0, 0.1) is 12.7 Å². The number of rotatable bonds is 6. The Kier molecular flexibility index (Phi) is 5.68. The third-order valence-corrected chi connectivity index (χ3v) is 6.13. The predicted octanol–water partition coefficient (Wildman–Crippen LogP) is 2.35. The van der Waals surface area contributed by atoms with E-state index in [1.54, 1.807) is 19.1 Å². The molecule has 1 heterocycles. The van der Waals surface area contributed by atoms with Gasteiger partial charge in [0.1, 0.15) is 21.0 Å². The Morgan fingerprint density at radius 1 is 1.38 bits per heavy atom. The van der Waals surface area contributed by atoms with Gasteiger partial charge in [0, 0.05) is 12.7 Å². The number of benzene rings is 1. The summed E-state index contributed by atoms with van der Waals surface area (Å²) < 4.78 is 43.9. The van der Waals surface area contributed by atoms with E-state index < -0.39 is 21.2 Å². The van der Waals surface area contributed by atoms with Crippen LogP contribution in [0.3, 0.4) is 0 Å². The Morgan fingerprint density at radius 3 is 2.58 bits per heavy atom. The van der Waals surface area contributed by atoms with Crippen LogP contribution in [-0.2, 0) is 14.8 Å². The molecule has 0 saturated carbocycles. The molecule has 1 atom stereocenters. The number of aromatic nitrogens is 1. The lowest BCUT2D eigenvalue weighted by Crippen LogP contribution is -2.38. The first-order valence-corrected chi connectivity index (χ1v) is 9.39. The zero-order chi connectivity index (χ0) is 17.9. The molecule has 0 aliphatic rings. The average molecular weight is 372 g/mol. The van der Waals surface area contributed by atoms with Crippen LogP contribution in [0.5, 0.6) is 0 Å². The second-order valence-corrected chi connectivity index (χ2v) is 8.28. The zero-order valence-corrected chi connectivity index (χ0v) is 15.0. The molecule has 2 aromatic rings. The van der Waals surface area contributed by atoms with Crippen LogP contribution in [0.2, 0.25) is 0 Å². The molecule has 6 nitrogen and oxygen atoms in total. The zero-order valence-electron chi connectivity index (χ0n) is 13.4. The summed E-state index contributed by atoms with van der Waals surface area (Å²) in [6, 6.07) is 5.69. The van der Waals surface area contributed by atoms with E-state index in [2.05, 4.69) is 4.98 Å². The van der Waals surface area contributed by atoms with Gasteiger partial charge in [-0.3, -0.25) is 4.79 Å². The van der Waals surface area contributed by atoms with Crippen molar-refractivity contribution in [3.05, 3.63) is 40.7 Å². The molecule has 24 heavy (non-hydrogen) atoms. The second-order valence-electron chi connectivity index (χ2n) is 5.18. The highest BCUT2D eigenvalue weighted by atomic mass is 32.2. The summed E-state index contributed by atoms with van der Waals surface area (Å²) >= 11 is 1.05. The van der Waals surface area contributed by atoms with Crippen molar-refractivity contribution in [1.82, 2.24) is 9.71 Å². The Balaban J connectivity index is 2.23. The van der Waals surface area contributed by atoms with Crippen molar-refractivity contribution >= 4 is 27.3 Å². The molecule has 0 aliphatic heterocycles. The van der Waals surface area contributed by atoms with Gasteiger partial charge in [-0.1, -0.05) is 0 Å². The first-order valence-electron chi connectivity index (χ1n) is 7.03. The molecule has 9 heteroatoms. The van der Waals surface area contributed by atoms with Gasteiger partial charge in [-0.15, -0.1) is 11.3 Å². The maximum absolute atomic E-state index is 13.0. The monoisotopic (exact) mass is 372 g/mol. The van der Waals surface area contributed by atoms with E-state index in [-0.39, 0.29) is 17.3 Å². The fourth-order valence-corrected chi connectivity index (χ4v) is 3.83. The summed E-state index contributed by atoms with van der Waals surface area (Å²) in [5.74, 6) is -1.11. The largest absolute Gasteiger partial charge is 0.383 e. The van der Waals surface area contributed by atoms with E-state index in [1.807, 2.05) is 4.72 Å². The molecule has 1 aromatic heterocycles. The molecule has 130 valence electrons. The Bertz CT molecular complexity index is 832. The van der Waals surface area contributed by atoms with Crippen molar-refractivity contribution < 1.29 is 22.3 Å². The van der Waals surface area contributed by atoms with Crippen LogP contribution < -0.4 is 4.72 Å². The second kappa shape index (κ2) is 7.37. The molecule has 1 unspecified atom stereocenters. The number of methoxy groups -OCH3 is 1. The van der Waals surface area contributed by atoms with Crippen LogP contribution in [0.4, 0.5) is 4.39 Å². The van der Waals surface area contributed by atoms with E-state index in [4.69, 9.17) is 4.74 Å². The van der Waals surface area contributed by atoms with Crippen LogP contribution >= 0.6 is 11.3 Å². The van der Waals surface area contributed by atoms with Crippen LogP contribution in [0.15, 0.2) is 24.3 Å². The Labute approximate surface area is 143 Å². The van der Waals surface area contributed by atoms with E-state index in [0.29, 0.717) is 16.3 Å². The molecule has 1 aromatic carbocycles. The molecule has 2 rings (SSSR count). The Hall–Kier alpha value is -1.84. The summed E-state index contributed by atoms with van der Waals surface area (Å²) in [6.45, 7) is 3.04. The van der Waals surface area contributed by atoms with Gasteiger partial charge in [0.05, 0.1) is 12.3 Å². The highest BCUT2D eigenvalue weighted by Gasteiger charge is 2.26. The number of nitrogens with one attached hydrogen (secondary N) is 1. The third kappa shape index (κ3) is 4.16. The topological polar surface area (TPSA) is 85.4 Å². The maximum Gasteiger partial charge on any atom is 0.276 e. The van der Waals surface area contributed by atoms with Crippen molar-refractivity contribution in [2.45, 2.75) is 19.1 Å². The summed E-state index contributed by atoms with van der Waals surface area (Å²) in [4.78, 5) is 16.7. The van der Waals surface area contributed by atoms with Gasteiger partial charge in [-0.25, -0.2) is 22.5 Å². The minimum Gasteiger partial charge on any atom is -0.383 e. The third-order valence-electron chi connectivity index (χ3n) is 3.26. The standard InChI is InChI=1S/C15H17FN2O4S2/c1-9(8-22-3)24(20,21)18-14(19)13-10(2)17-15(23-13)11-4-6-12(16)7-5-11/h4-7,9H,8H2,1-3H3,(H,18,19). The van der Waals surface area contributed by atoms with Gasteiger partial charge >= 0.3 is 0 Å². The number of hydrogen-bond acceptors (Lipinski definition) is 6. The highest BCUT2D eigenvalue weighted by molar-refractivity contribution is 7.90. The van der Waals surface area contributed by atoms with Crippen molar-refractivity contribution in [2.75, 3.05) is 13.7 Å². The molecule has 0 radical (unpaired) electrons. The van der Waals surface area contributed by atoms with Crippen molar-refractivity contribution in [2.24, 2.45) is 0 Å². The SMILES string of the molecule is COCC(C)S(=O)(=O)NC(=O)c1sc(-c2ccc(F)cc2)nc1C. The molecule has 0 spiro atoms. The quantitative estimate of drug-likeness (QED) is 0.841. The van der Waals surface area contributed by atoms with Crippen LogP contribution in [-0.4, -0.2) is 38.3 Å². The van der Waals surface area contributed by atoms with Crippen molar-refractivity contribution in [3.63, 3.8) is 0 Å². The number of ether oxygens (including phenoxy) is 1. The lowest BCUT2D eigenvalue weighted by molar-refractivity contribution is 0.0983. The van der Waals surface area contributed by atoms with Gasteiger partial charge in [-0.05, 0) is 38.1 Å². The summed E-state index contributed by atoms with van der Waals surface area (Å²) in [5.41, 5.74) is 1.06. The number of carbonyl (C=O) groups excluding carboxylic acids is 1. The van der Waals surface area contributed by atoms with E-state index in [9.17, 15) is 17.6 Å². The van der Waals surface area contributed by atoms with Crippen molar-refractivity contribution in [3.8, 4) is 10.6 Å². The Morgan fingerprint density at radius 2 is 2.00 bits per heavy atom. The number of aryl methyl sites for hydroxylation is 1. The minimum absolute atomic E-state index is 0.0227. The molecule has 0 saturated heterocycles. The molecule has 1 N–H and O–H groups in total. The van der Waals surface area contributed by atoms with Crippen LogP contribution in [0.1, 0.15) is 22.3 Å². The van der Waals surface area contributed by atoms with E-state index in [0.717, 1.165) is 11.3 Å². The van der Waals surface area contributed by atoms with E-state index in [1.165, 1.54) is 26.2 Å². The predicted molar refractivity (Wildman–Crippen MR) is 90.0 cm³/mol. The number of amides is 1. The fraction of sp³-hybridized carbons (Fsp3) is 0.333. The van der Waals surface area contributed by atoms with Gasteiger partial charge < -0.3 is 4.74 Å². The maximum atomic E-state index is 13.0. The number of sulfonamides is 1. The summed E-state index contributed by atoms with van der Waals surface area (Å²) in [6.07, 6.45) is 0. The molecule has 0 aliphatic carbocycles. The average Bonchev–Trinajstić information content (AvgIpc) is 2.90. The molecular formula is C15H17FN2O4S2. The lowest BCUT2D eigenvalue weighted by atomic mass is 10.2. The minimum atomic E-state index is -3.84. The molecule has 0 bridgehead atoms.